The second-order valence-electron chi connectivity index (χ2n) is 2.18. The van der Waals surface area contributed by atoms with Gasteiger partial charge >= 0.3 is 0 Å². The smallest absolute Gasteiger partial charge is 0.147 e. The minimum atomic E-state index is 0.743. The van der Waals surface area contributed by atoms with E-state index in [0.29, 0.717) is 0 Å². The summed E-state index contributed by atoms with van der Waals surface area (Å²) in [6.45, 7) is 8.18. The van der Waals surface area contributed by atoms with Crippen LogP contribution in [-0.2, 0) is 6.54 Å². The molecule has 1 aromatic rings. The average molecular weight is 137 g/mol. The van der Waals surface area contributed by atoms with Gasteiger partial charge in [-0.25, -0.2) is 9.67 Å². The van der Waals surface area contributed by atoms with Crippen molar-refractivity contribution in [2.45, 2.75) is 20.4 Å². The van der Waals surface area contributed by atoms with Crippen LogP contribution in [0.25, 0.3) is 0 Å². The van der Waals surface area contributed by atoms with Gasteiger partial charge in [0, 0.05) is 0 Å². The first-order chi connectivity index (χ1) is 4.74. The molecule has 1 aromatic heterocycles. The number of nitrogens with zero attached hydrogens (tertiary/aromatic N) is 3. The second kappa shape index (κ2) is 2.64. The zero-order chi connectivity index (χ0) is 7.56. The van der Waals surface area contributed by atoms with Crippen molar-refractivity contribution in [3.63, 3.8) is 0 Å². The SMILES string of the molecule is C=CCn1nc(C)nc1C. The van der Waals surface area contributed by atoms with E-state index in [4.69, 9.17) is 0 Å². The van der Waals surface area contributed by atoms with E-state index in [0.717, 1.165) is 18.2 Å². The highest BCUT2D eigenvalue weighted by Crippen LogP contribution is 1.94. The van der Waals surface area contributed by atoms with Crippen LogP contribution in [0, 0.1) is 13.8 Å². The van der Waals surface area contributed by atoms with Gasteiger partial charge < -0.3 is 0 Å². The zero-order valence-corrected chi connectivity index (χ0v) is 6.33. The molecule has 0 amide bonds. The van der Waals surface area contributed by atoms with Gasteiger partial charge in [0.05, 0.1) is 6.54 Å². The maximum Gasteiger partial charge on any atom is 0.147 e. The molecule has 1 rings (SSSR count). The summed E-state index contributed by atoms with van der Waals surface area (Å²) in [6.07, 6.45) is 1.81. The summed E-state index contributed by atoms with van der Waals surface area (Å²) in [5.41, 5.74) is 0. The number of hydrogen-bond donors (Lipinski definition) is 0. The lowest BCUT2D eigenvalue weighted by Gasteiger charge is -1.94. The normalized spacial score (nSPS) is 9.80. The Bertz CT molecular complexity index is 237. The van der Waals surface area contributed by atoms with Crippen LogP contribution in [0.15, 0.2) is 12.7 Å². The molecule has 0 aliphatic carbocycles. The van der Waals surface area contributed by atoms with E-state index >= 15 is 0 Å². The molecule has 0 aliphatic heterocycles. The molecule has 1 heterocycles. The van der Waals surface area contributed by atoms with Crippen molar-refractivity contribution < 1.29 is 0 Å². The molecule has 0 atom stereocenters. The molecule has 0 N–H and O–H groups in total. The molecule has 10 heavy (non-hydrogen) atoms. The third-order valence-electron chi connectivity index (χ3n) is 1.26. The number of aromatic nitrogens is 3. The largest absolute Gasteiger partial charge is 0.246 e. The van der Waals surface area contributed by atoms with Crippen molar-refractivity contribution in [3.05, 3.63) is 24.3 Å². The molecule has 0 saturated heterocycles. The summed E-state index contributed by atoms with van der Waals surface area (Å²) in [7, 11) is 0. The highest BCUT2D eigenvalue weighted by molar-refractivity contribution is 4.89. The number of allylic oxidation sites excluding steroid dienone is 1. The standard InChI is InChI=1S/C7H11N3/c1-4-5-10-7(3)8-6(2)9-10/h4H,1,5H2,2-3H3. The van der Waals surface area contributed by atoms with Gasteiger partial charge in [0.15, 0.2) is 0 Å². The predicted octanol–water partition coefficient (Wildman–Crippen LogP) is 1.08. The first-order valence-electron chi connectivity index (χ1n) is 3.23. The highest BCUT2D eigenvalue weighted by atomic mass is 15.3. The van der Waals surface area contributed by atoms with Gasteiger partial charge in [0.25, 0.3) is 0 Å². The van der Waals surface area contributed by atoms with Gasteiger partial charge in [0.1, 0.15) is 11.6 Å². The third kappa shape index (κ3) is 1.23. The Balaban J connectivity index is 2.91. The van der Waals surface area contributed by atoms with Crippen LogP contribution in [0.3, 0.4) is 0 Å². The zero-order valence-electron chi connectivity index (χ0n) is 6.33. The van der Waals surface area contributed by atoms with Crippen molar-refractivity contribution in [1.82, 2.24) is 14.8 Å². The Morgan fingerprint density at radius 1 is 1.60 bits per heavy atom. The van der Waals surface area contributed by atoms with E-state index in [2.05, 4.69) is 16.7 Å². The summed E-state index contributed by atoms with van der Waals surface area (Å²) in [6, 6.07) is 0. The topological polar surface area (TPSA) is 30.7 Å². The predicted molar refractivity (Wildman–Crippen MR) is 39.7 cm³/mol. The molecule has 0 unspecified atom stereocenters. The average Bonchev–Trinajstić information content (AvgIpc) is 2.13. The molecule has 0 fully saturated rings. The first kappa shape index (κ1) is 6.99. The van der Waals surface area contributed by atoms with Crippen molar-refractivity contribution in [1.29, 1.82) is 0 Å². The minimum absolute atomic E-state index is 0.743. The molecule has 3 nitrogen and oxygen atoms in total. The maximum atomic E-state index is 4.13. The van der Waals surface area contributed by atoms with E-state index < -0.39 is 0 Å². The summed E-state index contributed by atoms with van der Waals surface area (Å²) in [5, 5.41) is 4.13. The van der Waals surface area contributed by atoms with Crippen LogP contribution in [-0.4, -0.2) is 14.8 Å². The molecular formula is C7H11N3. The maximum absolute atomic E-state index is 4.13. The number of rotatable bonds is 2. The molecule has 0 bridgehead atoms. The van der Waals surface area contributed by atoms with E-state index in [9.17, 15) is 0 Å². The third-order valence-corrected chi connectivity index (χ3v) is 1.26. The fraction of sp³-hybridized carbons (Fsp3) is 0.429. The number of aryl methyl sites for hydroxylation is 2. The molecule has 3 heteroatoms. The van der Waals surface area contributed by atoms with E-state index in [1.54, 1.807) is 6.08 Å². The lowest BCUT2D eigenvalue weighted by molar-refractivity contribution is 0.670. The highest BCUT2D eigenvalue weighted by Gasteiger charge is 1.97. The van der Waals surface area contributed by atoms with Gasteiger partial charge in [0.2, 0.25) is 0 Å². The van der Waals surface area contributed by atoms with E-state index in [1.807, 2.05) is 18.5 Å². The van der Waals surface area contributed by atoms with Crippen molar-refractivity contribution in [2.24, 2.45) is 0 Å². The van der Waals surface area contributed by atoms with Crippen molar-refractivity contribution >= 4 is 0 Å². The molecular weight excluding hydrogens is 126 g/mol. The summed E-state index contributed by atoms with van der Waals surface area (Å²) in [5.74, 6) is 1.76. The fourth-order valence-electron chi connectivity index (χ4n) is 0.857. The first-order valence-corrected chi connectivity index (χ1v) is 3.23. The van der Waals surface area contributed by atoms with E-state index in [-0.39, 0.29) is 0 Å². The molecule has 54 valence electrons. The van der Waals surface area contributed by atoms with Gasteiger partial charge in [-0.15, -0.1) is 6.58 Å². The van der Waals surface area contributed by atoms with Gasteiger partial charge in [-0.05, 0) is 13.8 Å². The molecule has 0 saturated carbocycles. The summed E-state index contributed by atoms with van der Waals surface area (Å²) in [4.78, 5) is 4.13. The van der Waals surface area contributed by atoms with Crippen LogP contribution < -0.4 is 0 Å². The minimum Gasteiger partial charge on any atom is -0.246 e. The quantitative estimate of drug-likeness (QED) is 0.571. The Hall–Kier alpha value is -1.12. The lowest BCUT2D eigenvalue weighted by atomic mass is 10.6. The molecule has 0 aromatic carbocycles. The summed E-state index contributed by atoms with van der Waals surface area (Å²) < 4.78 is 1.82. The van der Waals surface area contributed by atoms with Crippen LogP contribution >= 0.6 is 0 Å². The van der Waals surface area contributed by atoms with Crippen molar-refractivity contribution in [3.8, 4) is 0 Å². The number of hydrogen-bond acceptors (Lipinski definition) is 2. The monoisotopic (exact) mass is 137 g/mol. The lowest BCUT2D eigenvalue weighted by Crippen LogP contribution is -1.99. The van der Waals surface area contributed by atoms with Crippen molar-refractivity contribution in [2.75, 3.05) is 0 Å². The fourth-order valence-corrected chi connectivity index (χ4v) is 0.857. The van der Waals surface area contributed by atoms with Gasteiger partial charge in [-0.2, -0.15) is 5.10 Å². The Labute approximate surface area is 60.4 Å². The Morgan fingerprint density at radius 3 is 2.70 bits per heavy atom. The Morgan fingerprint density at radius 2 is 2.30 bits per heavy atom. The second-order valence-corrected chi connectivity index (χ2v) is 2.18. The van der Waals surface area contributed by atoms with E-state index in [1.165, 1.54) is 0 Å². The molecule has 0 spiro atoms. The van der Waals surface area contributed by atoms with Gasteiger partial charge in [-0.3, -0.25) is 0 Å². The van der Waals surface area contributed by atoms with Crippen LogP contribution in [0.1, 0.15) is 11.6 Å². The Kier molecular flexibility index (Phi) is 1.85. The van der Waals surface area contributed by atoms with Crippen LogP contribution in [0.5, 0.6) is 0 Å². The van der Waals surface area contributed by atoms with Crippen LogP contribution in [0.2, 0.25) is 0 Å². The summed E-state index contributed by atoms with van der Waals surface area (Å²) >= 11 is 0. The van der Waals surface area contributed by atoms with Crippen LogP contribution in [0.4, 0.5) is 0 Å². The molecule has 0 aliphatic rings. The molecule has 0 radical (unpaired) electrons. The van der Waals surface area contributed by atoms with Gasteiger partial charge in [-0.1, -0.05) is 6.08 Å².